The molecule has 0 radical (unpaired) electrons. The molecule has 0 saturated carbocycles. The fourth-order valence-electron chi connectivity index (χ4n) is 3.23. The summed E-state index contributed by atoms with van der Waals surface area (Å²) in [6, 6.07) is 13.4. The van der Waals surface area contributed by atoms with Gasteiger partial charge in [0.1, 0.15) is 5.25 Å². The molecule has 2 aromatic carbocycles. The summed E-state index contributed by atoms with van der Waals surface area (Å²) in [6.45, 7) is 1.22. The second-order valence-electron chi connectivity index (χ2n) is 6.55. The number of ketones is 1. The molecule has 0 spiro atoms. The Morgan fingerprint density at radius 1 is 1.17 bits per heavy atom. The lowest BCUT2D eigenvalue weighted by Crippen LogP contribution is -2.37. The van der Waals surface area contributed by atoms with E-state index in [-0.39, 0.29) is 36.3 Å². The molecule has 1 atom stereocenters. The highest BCUT2D eigenvalue weighted by Gasteiger charge is 2.37. The van der Waals surface area contributed by atoms with Crippen molar-refractivity contribution in [2.24, 2.45) is 0 Å². The minimum atomic E-state index is -3.81. The Labute approximate surface area is 174 Å². The van der Waals surface area contributed by atoms with Gasteiger partial charge in [-0.05, 0) is 35.9 Å². The second-order valence-corrected chi connectivity index (χ2v) is 9.74. The van der Waals surface area contributed by atoms with Crippen molar-refractivity contribution in [2.75, 3.05) is 35.1 Å². The predicted molar refractivity (Wildman–Crippen MR) is 115 cm³/mol. The Kier molecular flexibility index (Phi) is 6.61. The lowest BCUT2D eigenvalue weighted by Gasteiger charge is -2.27. The van der Waals surface area contributed by atoms with Crippen LogP contribution in [0.25, 0.3) is 0 Å². The van der Waals surface area contributed by atoms with Crippen molar-refractivity contribution in [2.45, 2.75) is 12.2 Å². The Morgan fingerprint density at radius 3 is 2.52 bits per heavy atom. The predicted octanol–water partition coefficient (Wildman–Crippen LogP) is 2.44. The number of Topliss-reactive ketones (excluding diaryl/α,β-unsaturated/α-hetero) is 1. The van der Waals surface area contributed by atoms with Crippen LogP contribution in [0.5, 0.6) is 0 Å². The van der Waals surface area contributed by atoms with E-state index in [1.165, 1.54) is 11.2 Å². The molecule has 3 rings (SSSR count). The summed E-state index contributed by atoms with van der Waals surface area (Å²) < 4.78 is 27.9. The second kappa shape index (κ2) is 8.98. The molecule has 29 heavy (non-hydrogen) atoms. The third-order valence-corrected chi connectivity index (χ3v) is 7.60. The van der Waals surface area contributed by atoms with Crippen molar-refractivity contribution in [3.8, 4) is 0 Å². The lowest BCUT2D eigenvalue weighted by atomic mass is 10.1. The third kappa shape index (κ3) is 4.63. The van der Waals surface area contributed by atoms with E-state index in [2.05, 4.69) is 5.32 Å². The summed E-state index contributed by atoms with van der Waals surface area (Å²) >= 11 is 0.933. The molecule has 7 nitrogen and oxygen atoms in total. The summed E-state index contributed by atoms with van der Waals surface area (Å²) in [5.41, 5.74) is 2.26. The first-order valence-corrected chi connectivity index (χ1v) is 11.6. The van der Waals surface area contributed by atoms with E-state index in [9.17, 15) is 23.1 Å². The van der Waals surface area contributed by atoms with Crippen LogP contribution in [0.3, 0.4) is 0 Å². The van der Waals surface area contributed by atoms with Crippen LogP contribution in [0.1, 0.15) is 28.1 Å². The molecule has 154 valence electrons. The van der Waals surface area contributed by atoms with E-state index < -0.39 is 15.3 Å². The van der Waals surface area contributed by atoms with Gasteiger partial charge in [0.25, 0.3) is 0 Å². The average Bonchev–Trinajstić information content (AvgIpc) is 3.15. The van der Waals surface area contributed by atoms with Crippen LogP contribution in [-0.4, -0.2) is 49.9 Å². The first-order valence-electron chi connectivity index (χ1n) is 9.06. The molecule has 1 aliphatic rings. The summed E-state index contributed by atoms with van der Waals surface area (Å²) in [5.74, 6) is -0.167. The van der Waals surface area contributed by atoms with Gasteiger partial charge in [0.05, 0.1) is 24.6 Å². The number of aliphatic hydroxyl groups excluding tert-OH is 1. The molecule has 1 unspecified atom stereocenters. The van der Waals surface area contributed by atoms with Crippen molar-refractivity contribution < 1.29 is 23.1 Å². The molecule has 0 amide bonds. The third-order valence-electron chi connectivity index (χ3n) is 4.64. The zero-order valence-corrected chi connectivity index (χ0v) is 17.5. The number of sulfonamides is 1. The van der Waals surface area contributed by atoms with E-state index in [0.717, 1.165) is 17.4 Å². The number of anilines is 2. The SMILES string of the molecule is CC(=O)SCC(=O)c1ccc(N(CCO)S(=O)(=O)C2CNc3ccccc32)cc1. The number of benzene rings is 2. The van der Waals surface area contributed by atoms with Gasteiger partial charge >= 0.3 is 0 Å². The van der Waals surface area contributed by atoms with Gasteiger partial charge in [-0.1, -0.05) is 30.0 Å². The molecular weight excluding hydrogens is 412 g/mol. The molecule has 0 aliphatic carbocycles. The number of carbonyl (C=O) groups is 2. The number of aliphatic hydroxyl groups is 1. The summed E-state index contributed by atoms with van der Waals surface area (Å²) in [5, 5.41) is 11.7. The Hall–Kier alpha value is -2.36. The zero-order chi connectivity index (χ0) is 21.0. The van der Waals surface area contributed by atoms with Crippen LogP contribution in [-0.2, 0) is 14.8 Å². The summed E-state index contributed by atoms with van der Waals surface area (Å²) in [4.78, 5) is 23.2. The quantitative estimate of drug-likeness (QED) is 0.615. The van der Waals surface area contributed by atoms with Crippen LogP contribution in [0, 0.1) is 0 Å². The normalized spacial score (nSPS) is 15.4. The monoisotopic (exact) mass is 434 g/mol. The van der Waals surface area contributed by atoms with Gasteiger partial charge in [-0.15, -0.1) is 0 Å². The Balaban J connectivity index is 1.86. The standard InChI is InChI=1S/C20H22N2O5S2/c1-14(24)28-13-19(25)15-6-8-16(9-7-15)22(10-11-23)29(26,27)20-12-21-18-5-3-2-4-17(18)20/h2-9,20-21,23H,10-13H2,1H3. The maximum Gasteiger partial charge on any atom is 0.244 e. The minimum Gasteiger partial charge on any atom is -0.394 e. The lowest BCUT2D eigenvalue weighted by molar-refractivity contribution is -0.109. The molecule has 2 aromatic rings. The number of hydrogen-bond acceptors (Lipinski definition) is 7. The first kappa shape index (κ1) is 21.4. The fraction of sp³-hybridized carbons (Fsp3) is 0.300. The topological polar surface area (TPSA) is 104 Å². The molecule has 0 saturated heterocycles. The molecule has 1 aliphatic heterocycles. The summed E-state index contributed by atoms with van der Waals surface area (Å²) in [7, 11) is -3.81. The molecule has 2 N–H and O–H groups in total. The zero-order valence-electron chi connectivity index (χ0n) is 15.9. The smallest absolute Gasteiger partial charge is 0.244 e. The number of nitrogens with zero attached hydrogens (tertiary/aromatic N) is 1. The number of rotatable bonds is 8. The van der Waals surface area contributed by atoms with Crippen LogP contribution >= 0.6 is 11.8 Å². The van der Waals surface area contributed by atoms with Gasteiger partial charge in [-0.3, -0.25) is 13.9 Å². The van der Waals surface area contributed by atoms with Gasteiger partial charge in [-0.2, -0.15) is 0 Å². The van der Waals surface area contributed by atoms with Crippen LogP contribution in [0.15, 0.2) is 48.5 Å². The maximum absolute atomic E-state index is 13.3. The van der Waals surface area contributed by atoms with E-state index >= 15 is 0 Å². The van der Waals surface area contributed by atoms with Crippen LogP contribution in [0.4, 0.5) is 11.4 Å². The Morgan fingerprint density at radius 2 is 1.86 bits per heavy atom. The number of carbonyl (C=O) groups excluding carboxylic acids is 2. The highest BCUT2D eigenvalue weighted by atomic mass is 32.2. The largest absolute Gasteiger partial charge is 0.394 e. The fourth-order valence-corrected chi connectivity index (χ4v) is 5.61. The number of nitrogens with one attached hydrogen (secondary N) is 1. The van der Waals surface area contributed by atoms with Crippen molar-refractivity contribution in [1.82, 2.24) is 0 Å². The number of hydrogen-bond donors (Lipinski definition) is 2. The van der Waals surface area contributed by atoms with Crippen molar-refractivity contribution >= 4 is 44.1 Å². The highest BCUT2D eigenvalue weighted by Crippen LogP contribution is 2.37. The van der Waals surface area contributed by atoms with Crippen LogP contribution in [0.2, 0.25) is 0 Å². The minimum absolute atomic E-state index is 0.0395. The molecular formula is C20H22N2O5S2. The maximum atomic E-state index is 13.3. The highest BCUT2D eigenvalue weighted by molar-refractivity contribution is 8.14. The van der Waals surface area contributed by atoms with Crippen molar-refractivity contribution in [3.63, 3.8) is 0 Å². The number of thioether (sulfide) groups is 1. The van der Waals surface area contributed by atoms with Crippen LogP contribution < -0.4 is 9.62 Å². The first-order chi connectivity index (χ1) is 13.8. The molecule has 1 heterocycles. The van der Waals surface area contributed by atoms with Crippen molar-refractivity contribution in [3.05, 3.63) is 59.7 Å². The molecule has 0 bridgehead atoms. The molecule has 0 aromatic heterocycles. The van der Waals surface area contributed by atoms with E-state index in [1.807, 2.05) is 12.1 Å². The molecule has 9 heteroatoms. The van der Waals surface area contributed by atoms with Gasteiger partial charge < -0.3 is 10.4 Å². The van der Waals surface area contributed by atoms with Gasteiger partial charge in [0.15, 0.2) is 10.9 Å². The van der Waals surface area contributed by atoms with Crippen molar-refractivity contribution in [1.29, 1.82) is 0 Å². The number of fused-ring (bicyclic) bond motifs is 1. The van der Waals surface area contributed by atoms with E-state index in [1.54, 1.807) is 36.4 Å². The Bertz CT molecular complexity index is 1010. The van der Waals surface area contributed by atoms with Gasteiger partial charge in [0.2, 0.25) is 10.0 Å². The molecule has 0 fully saturated rings. The van der Waals surface area contributed by atoms with Gasteiger partial charge in [-0.25, -0.2) is 8.42 Å². The number of para-hydroxylation sites is 1. The van der Waals surface area contributed by atoms with E-state index in [4.69, 9.17) is 0 Å². The van der Waals surface area contributed by atoms with Gasteiger partial charge in [0, 0.05) is 24.7 Å². The average molecular weight is 435 g/mol. The van der Waals surface area contributed by atoms with E-state index in [0.29, 0.717) is 16.8 Å². The summed E-state index contributed by atoms with van der Waals surface area (Å²) in [6.07, 6.45) is 0.